The Kier molecular flexibility index (Phi) is 4.12. The fourth-order valence-electron chi connectivity index (χ4n) is 3.05. The molecule has 3 nitrogen and oxygen atoms in total. The van der Waals surface area contributed by atoms with E-state index < -0.39 is 0 Å². The SMILES string of the molecule is O=C1c2ccccc2C(Nc2ccccc2Cl)N1c1ccc(Cl)cc1. The second-order valence-electron chi connectivity index (χ2n) is 5.77. The molecule has 0 saturated heterocycles. The molecule has 1 heterocycles. The van der Waals surface area contributed by atoms with E-state index in [0.29, 0.717) is 15.6 Å². The summed E-state index contributed by atoms with van der Waals surface area (Å²) in [6.45, 7) is 0. The molecule has 0 spiro atoms. The van der Waals surface area contributed by atoms with Crippen molar-refractivity contribution in [2.75, 3.05) is 10.2 Å². The van der Waals surface area contributed by atoms with Gasteiger partial charge in [0, 0.05) is 21.8 Å². The molecule has 3 aromatic carbocycles. The molecule has 0 saturated carbocycles. The Morgan fingerprint density at radius 1 is 0.840 bits per heavy atom. The first-order valence-corrected chi connectivity index (χ1v) is 8.60. The largest absolute Gasteiger partial charge is 0.360 e. The summed E-state index contributed by atoms with van der Waals surface area (Å²) >= 11 is 12.3. The van der Waals surface area contributed by atoms with Crippen LogP contribution in [0.4, 0.5) is 11.4 Å². The Morgan fingerprint density at radius 3 is 2.28 bits per heavy atom. The van der Waals surface area contributed by atoms with Crippen LogP contribution in [0, 0.1) is 0 Å². The molecule has 3 aromatic rings. The average molecular weight is 369 g/mol. The molecule has 0 aliphatic carbocycles. The van der Waals surface area contributed by atoms with Gasteiger partial charge in [0.25, 0.3) is 5.91 Å². The maximum absolute atomic E-state index is 13.0. The summed E-state index contributed by atoms with van der Waals surface area (Å²) in [7, 11) is 0. The van der Waals surface area contributed by atoms with Gasteiger partial charge in [0.2, 0.25) is 0 Å². The van der Waals surface area contributed by atoms with Gasteiger partial charge < -0.3 is 5.32 Å². The molecule has 25 heavy (non-hydrogen) atoms. The molecule has 1 atom stereocenters. The van der Waals surface area contributed by atoms with Crippen LogP contribution in [-0.2, 0) is 0 Å². The molecule has 1 aliphatic heterocycles. The lowest BCUT2D eigenvalue weighted by Crippen LogP contribution is -2.32. The highest BCUT2D eigenvalue weighted by molar-refractivity contribution is 6.33. The minimum Gasteiger partial charge on any atom is -0.360 e. The molecule has 1 unspecified atom stereocenters. The highest BCUT2D eigenvalue weighted by Gasteiger charge is 2.37. The second kappa shape index (κ2) is 6.43. The first kappa shape index (κ1) is 16.0. The molecule has 0 aromatic heterocycles. The monoisotopic (exact) mass is 368 g/mol. The second-order valence-corrected chi connectivity index (χ2v) is 6.61. The third-order valence-corrected chi connectivity index (χ3v) is 4.82. The van der Waals surface area contributed by atoms with Crippen molar-refractivity contribution in [1.29, 1.82) is 0 Å². The summed E-state index contributed by atoms with van der Waals surface area (Å²) < 4.78 is 0. The molecular formula is C20H14Cl2N2O. The van der Waals surface area contributed by atoms with Crippen molar-refractivity contribution in [2.24, 2.45) is 0 Å². The Labute approximate surface area is 155 Å². The molecule has 0 bridgehead atoms. The van der Waals surface area contributed by atoms with Crippen molar-refractivity contribution >= 4 is 40.5 Å². The molecule has 4 rings (SSSR count). The lowest BCUT2D eigenvalue weighted by atomic mass is 10.1. The highest BCUT2D eigenvalue weighted by atomic mass is 35.5. The predicted octanol–water partition coefficient (Wildman–Crippen LogP) is 5.76. The fourth-order valence-corrected chi connectivity index (χ4v) is 3.37. The van der Waals surface area contributed by atoms with Gasteiger partial charge in [0.05, 0.1) is 10.7 Å². The summed E-state index contributed by atoms with van der Waals surface area (Å²) in [6, 6.07) is 22.3. The number of anilines is 2. The van der Waals surface area contributed by atoms with Gasteiger partial charge in [-0.2, -0.15) is 0 Å². The van der Waals surface area contributed by atoms with E-state index >= 15 is 0 Å². The Hall–Kier alpha value is -2.49. The number of hydrogen-bond acceptors (Lipinski definition) is 2. The minimum absolute atomic E-state index is 0.0533. The molecule has 5 heteroatoms. The van der Waals surface area contributed by atoms with Gasteiger partial charge in [-0.1, -0.05) is 53.5 Å². The van der Waals surface area contributed by atoms with Gasteiger partial charge in [0.1, 0.15) is 6.17 Å². The third kappa shape index (κ3) is 2.86. The predicted molar refractivity (Wildman–Crippen MR) is 103 cm³/mol. The van der Waals surface area contributed by atoms with E-state index in [2.05, 4.69) is 5.32 Å². The normalized spacial score (nSPS) is 16.0. The Morgan fingerprint density at radius 2 is 1.52 bits per heavy atom. The minimum atomic E-state index is -0.343. The Bertz CT molecular complexity index is 940. The number of nitrogens with one attached hydrogen (secondary N) is 1. The zero-order valence-corrected chi connectivity index (χ0v) is 14.6. The van der Waals surface area contributed by atoms with E-state index in [1.807, 2.05) is 60.7 Å². The number of rotatable bonds is 3. The summed E-state index contributed by atoms with van der Waals surface area (Å²) in [4.78, 5) is 14.7. The number of amides is 1. The van der Waals surface area contributed by atoms with E-state index in [-0.39, 0.29) is 12.1 Å². The van der Waals surface area contributed by atoms with Crippen molar-refractivity contribution in [3.8, 4) is 0 Å². The van der Waals surface area contributed by atoms with Crippen molar-refractivity contribution in [1.82, 2.24) is 0 Å². The number of carbonyl (C=O) groups excluding carboxylic acids is 1. The maximum Gasteiger partial charge on any atom is 0.260 e. The first-order valence-electron chi connectivity index (χ1n) is 7.84. The molecule has 1 aliphatic rings. The smallest absolute Gasteiger partial charge is 0.260 e. The van der Waals surface area contributed by atoms with E-state index in [4.69, 9.17) is 23.2 Å². The topological polar surface area (TPSA) is 32.3 Å². The highest BCUT2D eigenvalue weighted by Crippen LogP contribution is 2.39. The molecule has 124 valence electrons. The summed E-state index contributed by atoms with van der Waals surface area (Å²) in [5.74, 6) is -0.0533. The number of nitrogens with zero attached hydrogens (tertiary/aromatic N) is 1. The van der Waals surface area contributed by atoms with Crippen molar-refractivity contribution in [2.45, 2.75) is 6.17 Å². The van der Waals surface area contributed by atoms with Crippen LogP contribution < -0.4 is 10.2 Å². The quantitative estimate of drug-likeness (QED) is 0.636. The van der Waals surface area contributed by atoms with E-state index in [1.165, 1.54) is 0 Å². The summed E-state index contributed by atoms with van der Waals surface area (Å²) in [6.07, 6.45) is -0.343. The van der Waals surface area contributed by atoms with Crippen LogP contribution in [-0.4, -0.2) is 5.91 Å². The van der Waals surface area contributed by atoms with Gasteiger partial charge in [0.15, 0.2) is 0 Å². The van der Waals surface area contributed by atoms with E-state index in [9.17, 15) is 4.79 Å². The van der Waals surface area contributed by atoms with E-state index in [0.717, 1.165) is 16.9 Å². The number of carbonyl (C=O) groups is 1. The number of fused-ring (bicyclic) bond motifs is 1. The number of para-hydroxylation sites is 1. The van der Waals surface area contributed by atoms with Crippen molar-refractivity contribution in [3.63, 3.8) is 0 Å². The molecule has 0 radical (unpaired) electrons. The summed E-state index contributed by atoms with van der Waals surface area (Å²) in [5.41, 5.74) is 3.15. The molecule has 1 amide bonds. The van der Waals surface area contributed by atoms with Gasteiger partial charge in [-0.15, -0.1) is 0 Å². The molecule has 1 N–H and O–H groups in total. The number of halogens is 2. The van der Waals surface area contributed by atoms with Gasteiger partial charge in [-0.3, -0.25) is 9.69 Å². The van der Waals surface area contributed by atoms with E-state index in [1.54, 1.807) is 17.0 Å². The van der Waals surface area contributed by atoms with Gasteiger partial charge in [-0.05, 0) is 42.5 Å². The van der Waals surface area contributed by atoms with Gasteiger partial charge in [-0.25, -0.2) is 0 Å². The lowest BCUT2D eigenvalue weighted by molar-refractivity contribution is 0.0993. The fraction of sp³-hybridized carbons (Fsp3) is 0.0500. The average Bonchev–Trinajstić information content (AvgIpc) is 2.90. The standard InChI is InChI=1S/C20H14Cl2N2O/c21-13-9-11-14(12-10-13)24-19(23-18-8-4-3-7-17(18)22)15-5-1-2-6-16(15)20(24)25/h1-12,19,23H. The Balaban J connectivity index is 1.80. The van der Waals surface area contributed by atoms with Crippen LogP contribution in [0.15, 0.2) is 72.8 Å². The lowest BCUT2D eigenvalue weighted by Gasteiger charge is -2.27. The molecular weight excluding hydrogens is 355 g/mol. The van der Waals surface area contributed by atoms with Crippen LogP contribution in [0.2, 0.25) is 10.0 Å². The van der Waals surface area contributed by atoms with Crippen molar-refractivity contribution in [3.05, 3.63) is 94.0 Å². The van der Waals surface area contributed by atoms with Crippen LogP contribution in [0.3, 0.4) is 0 Å². The zero-order valence-electron chi connectivity index (χ0n) is 13.1. The van der Waals surface area contributed by atoms with Crippen LogP contribution in [0.1, 0.15) is 22.1 Å². The van der Waals surface area contributed by atoms with Crippen LogP contribution >= 0.6 is 23.2 Å². The van der Waals surface area contributed by atoms with Crippen LogP contribution in [0.5, 0.6) is 0 Å². The van der Waals surface area contributed by atoms with Crippen molar-refractivity contribution < 1.29 is 4.79 Å². The third-order valence-electron chi connectivity index (χ3n) is 4.23. The molecule has 0 fully saturated rings. The number of benzene rings is 3. The van der Waals surface area contributed by atoms with Gasteiger partial charge >= 0.3 is 0 Å². The number of hydrogen-bond donors (Lipinski definition) is 1. The zero-order chi connectivity index (χ0) is 17.4. The van der Waals surface area contributed by atoms with Crippen LogP contribution in [0.25, 0.3) is 0 Å². The summed E-state index contributed by atoms with van der Waals surface area (Å²) in [5, 5.41) is 4.63. The first-order chi connectivity index (χ1) is 12.1. The maximum atomic E-state index is 13.0.